The average Bonchev–Trinajstić information content (AvgIpc) is 4.02. The van der Waals surface area contributed by atoms with Crippen LogP contribution < -0.4 is 4.90 Å². The van der Waals surface area contributed by atoms with Gasteiger partial charge < -0.3 is 9.47 Å². The first kappa shape index (κ1) is 41.7. The van der Waals surface area contributed by atoms with Crippen molar-refractivity contribution in [3.05, 3.63) is 252 Å². The first-order valence-electron chi connectivity index (χ1n) is 25.3. The molecule has 0 unspecified atom stereocenters. The topological polar surface area (TPSA) is 8.17 Å². The Hall–Kier alpha value is -8.20. The second-order valence-corrected chi connectivity index (χ2v) is 21.7. The summed E-state index contributed by atoms with van der Waals surface area (Å²) in [5.41, 5.74) is 27.5. The molecule has 0 amide bonds. The van der Waals surface area contributed by atoms with Crippen molar-refractivity contribution < 1.29 is 0 Å². The van der Waals surface area contributed by atoms with Crippen LogP contribution in [0.15, 0.2) is 218 Å². The molecule has 0 aliphatic heterocycles. The quantitative estimate of drug-likeness (QED) is 0.161. The Morgan fingerprint density at radius 2 is 0.775 bits per heavy atom. The molecular formula is C69H54N2. The Labute approximate surface area is 417 Å². The van der Waals surface area contributed by atoms with Gasteiger partial charge in [-0.05, 0) is 144 Å². The third-order valence-electron chi connectivity index (χ3n) is 16.8. The highest BCUT2D eigenvalue weighted by Crippen LogP contribution is 2.60. The van der Waals surface area contributed by atoms with Gasteiger partial charge in [-0.2, -0.15) is 0 Å². The monoisotopic (exact) mass is 910 g/mol. The van der Waals surface area contributed by atoms with Crippen LogP contribution in [0.5, 0.6) is 0 Å². The van der Waals surface area contributed by atoms with E-state index in [4.69, 9.17) is 0 Å². The molecule has 0 fully saturated rings. The minimum absolute atomic E-state index is 0.159. The van der Waals surface area contributed by atoms with Gasteiger partial charge in [-0.1, -0.05) is 199 Å². The number of para-hydroxylation sites is 2. The summed E-state index contributed by atoms with van der Waals surface area (Å²) in [7, 11) is 0. The van der Waals surface area contributed by atoms with Crippen LogP contribution in [0.3, 0.4) is 0 Å². The van der Waals surface area contributed by atoms with Gasteiger partial charge in [-0.15, -0.1) is 0 Å². The van der Waals surface area contributed by atoms with Gasteiger partial charge >= 0.3 is 0 Å². The highest BCUT2D eigenvalue weighted by molar-refractivity contribution is 6.10. The molecule has 10 aromatic carbocycles. The zero-order chi connectivity index (χ0) is 48.0. The number of hydrogen-bond acceptors (Lipinski definition) is 1. The van der Waals surface area contributed by atoms with Gasteiger partial charge in [0, 0.05) is 49.6 Å². The number of nitrogens with zero attached hydrogens (tertiary/aromatic N) is 2. The van der Waals surface area contributed by atoms with Crippen LogP contribution in [0.1, 0.15) is 74.9 Å². The summed E-state index contributed by atoms with van der Waals surface area (Å²) in [5.74, 6) is 0. The fraction of sp³-hybridized carbons (Fsp3) is 0.130. The maximum atomic E-state index is 2.59. The lowest BCUT2D eigenvalue weighted by molar-refractivity contribution is 0.652. The zero-order valence-electron chi connectivity index (χ0n) is 41.2. The summed E-state index contributed by atoms with van der Waals surface area (Å²) in [5, 5.41) is 2.51. The summed E-state index contributed by atoms with van der Waals surface area (Å²) in [6, 6.07) is 82.1. The van der Waals surface area contributed by atoms with Crippen LogP contribution in [0.2, 0.25) is 0 Å². The van der Waals surface area contributed by atoms with Crippen molar-refractivity contribution in [3.63, 3.8) is 0 Å². The molecule has 3 aliphatic carbocycles. The molecule has 3 aliphatic rings. The van der Waals surface area contributed by atoms with E-state index in [1.54, 1.807) is 0 Å². The molecule has 11 aromatic rings. The molecule has 0 saturated heterocycles. The van der Waals surface area contributed by atoms with E-state index in [0.29, 0.717) is 0 Å². The molecule has 0 spiro atoms. The van der Waals surface area contributed by atoms with Crippen molar-refractivity contribution in [2.45, 2.75) is 57.8 Å². The lowest BCUT2D eigenvalue weighted by Crippen LogP contribution is -2.18. The minimum atomic E-state index is -0.345. The van der Waals surface area contributed by atoms with Crippen molar-refractivity contribution in [3.8, 4) is 61.3 Å². The van der Waals surface area contributed by atoms with E-state index in [1.807, 2.05) is 0 Å². The normalized spacial score (nSPS) is 15.0. The molecule has 71 heavy (non-hydrogen) atoms. The summed E-state index contributed by atoms with van der Waals surface area (Å²) in [4.78, 5) is 2.52. The molecule has 0 atom stereocenters. The molecule has 2 heteroatoms. The Morgan fingerprint density at radius 1 is 0.296 bits per heavy atom. The van der Waals surface area contributed by atoms with E-state index in [0.717, 1.165) is 17.1 Å². The summed E-state index contributed by atoms with van der Waals surface area (Å²) in [6.07, 6.45) is 0. The molecule has 0 radical (unpaired) electrons. The van der Waals surface area contributed by atoms with E-state index in [2.05, 4.69) is 269 Å². The van der Waals surface area contributed by atoms with Gasteiger partial charge in [0.25, 0.3) is 0 Å². The third-order valence-corrected chi connectivity index (χ3v) is 16.8. The molecular weight excluding hydrogens is 857 g/mol. The third kappa shape index (κ3) is 5.88. The Morgan fingerprint density at radius 3 is 1.46 bits per heavy atom. The highest BCUT2D eigenvalue weighted by atomic mass is 15.1. The lowest BCUT2D eigenvalue weighted by Gasteiger charge is -2.31. The molecule has 0 bridgehead atoms. The van der Waals surface area contributed by atoms with Crippen LogP contribution in [-0.2, 0) is 16.2 Å². The van der Waals surface area contributed by atoms with Crippen molar-refractivity contribution >= 4 is 38.9 Å². The fourth-order valence-electron chi connectivity index (χ4n) is 13.1. The maximum absolute atomic E-state index is 2.59. The van der Waals surface area contributed by atoms with Crippen LogP contribution in [0.4, 0.5) is 17.1 Å². The van der Waals surface area contributed by atoms with E-state index in [1.165, 1.54) is 117 Å². The number of rotatable bonds is 6. The second-order valence-electron chi connectivity index (χ2n) is 21.7. The predicted molar refractivity (Wildman–Crippen MR) is 299 cm³/mol. The van der Waals surface area contributed by atoms with E-state index in [-0.39, 0.29) is 16.2 Å². The smallest absolute Gasteiger partial charge is 0.0564 e. The van der Waals surface area contributed by atoms with Crippen molar-refractivity contribution in [1.82, 2.24) is 4.57 Å². The Balaban J connectivity index is 1.05. The number of anilines is 3. The second kappa shape index (κ2) is 14.9. The molecule has 340 valence electrons. The van der Waals surface area contributed by atoms with Gasteiger partial charge in [0.1, 0.15) is 0 Å². The van der Waals surface area contributed by atoms with Gasteiger partial charge in [-0.3, -0.25) is 0 Å². The van der Waals surface area contributed by atoms with E-state index >= 15 is 0 Å². The van der Waals surface area contributed by atoms with Crippen LogP contribution >= 0.6 is 0 Å². The molecule has 1 aromatic heterocycles. The SMILES string of the molecule is CC1(C)c2ccccc2-c2ccc(N(c3ccc(-c4ccccc4)cc3)c3cc(-n4c5ccccc5c5ccccc54)c4c(c3)C(C)(C)c3cc5c(cc3-4)C(C)(C)c3cccc(-c4ccccc4)c3-5)cc21. The average molecular weight is 911 g/mol. The number of benzene rings is 10. The maximum Gasteiger partial charge on any atom is 0.0564 e. The Bertz CT molecular complexity index is 3940. The van der Waals surface area contributed by atoms with Gasteiger partial charge in [0.15, 0.2) is 0 Å². The van der Waals surface area contributed by atoms with Crippen molar-refractivity contribution in [1.29, 1.82) is 0 Å². The van der Waals surface area contributed by atoms with Crippen molar-refractivity contribution in [2.75, 3.05) is 4.90 Å². The van der Waals surface area contributed by atoms with Crippen molar-refractivity contribution in [2.24, 2.45) is 0 Å². The largest absolute Gasteiger partial charge is 0.310 e. The standard InChI is InChI=1S/C69H54N2/c1-67(2)56-28-16-13-24-50(56)51-37-36-47(38-58(51)67)70(46-34-32-44(33-35-46)43-20-9-7-10-21-43)48-39-61-66(64(40-48)71-62-30-17-14-25-52(62)53-26-15-18-31-63(53)71)55-42-59-54(41-60(55)69(61,5)6)65-49(45-22-11-8-12-23-45)27-19-29-57(65)68(59,3)4/h7-42H,1-6H3. The van der Waals surface area contributed by atoms with E-state index in [9.17, 15) is 0 Å². The number of fused-ring (bicyclic) bond motifs is 12. The predicted octanol–water partition coefficient (Wildman–Crippen LogP) is 18.5. The number of hydrogen-bond donors (Lipinski definition) is 0. The summed E-state index contributed by atoms with van der Waals surface area (Å²) in [6.45, 7) is 14.5. The molecule has 0 N–H and O–H groups in total. The summed E-state index contributed by atoms with van der Waals surface area (Å²) >= 11 is 0. The fourth-order valence-corrected chi connectivity index (χ4v) is 13.1. The van der Waals surface area contributed by atoms with Crippen LogP contribution in [-0.4, -0.2) is 4.57 Å². The van der Waals surface area contributed by atoms with Crippen LogP contribution in [0, 0.1) is 0 Å². The lowest BCUT2D eigenvalue weighted by atomic mass is 9.79. The molecule has 14 rings (SSSR count). The first-order chi connectivity index (χ1) is 34.5. The Kier molecular flexibility index (Phi) is 8.76. The minimum Gasteiger partial charge on any atom is -0.310 e. The summed E-state index contributed by atoms with van der Waals surface area (Å²) < 4.78 is 2.57. The number of aromatic nitrogens is 1. The van der Waals surface area contributed by atoms with Gasteiger partial charge in [-0.25, -0.2) is 0 Å². The van der Waals surface area contributed by atoms with Crippen LogP contribution in [0.25, 0.3) is 83.1 Å². The van der Waals surface area contributed by atoms with Gasteiger partial charge in [0.05, 0.1) is 16.7 Å². The van der Waals surface area contributed by atoms with E-state index < -0.39 is 0 Å². The molecule has 0 saturated carbocycles. The molecule has 2 nitrogen and oxygen atoms in total. The van der Waals surface area contributed by atoms with Gasteiger partial charge in [0.2, 0.25) is 0 Å². The highest BCUT2D eigenvalue weighted by Gasteiger charge is 2.44. The molecule has 1 heterocycles. The zero-order valence-corrected chi connectivity index (χ0v) is 41.2. The first-order valence-corrected chi connectivity index (χ1v) is 25.3.